The van der Waals surface area contributed by atoms with E-state index in [-0.39, 0.29) is 5.97 Å². The largest absolute Gasteiger partial charge is 0.497 e. The molecule has 0 unspecified atom stereocenters. The number of nitrogens with one attached hydrogen (secondary N) is 1. The third-order valence-electron chi connectivity index (χ3n) is 5.56. The first kappa shape index (κ1) is 21.5. The normalized spacial score (nSPS) is 10.8. The van der Waals surface area contributed by atoms with Gasteiger partial charge in [0.25, 0.3) is 0 Å². The number of fused-ring (bicyclic) bond motifs is 1. The van der Waals surface area contributed by atoms with Crippen LogP contribution in [0.15, 0.2) is 72.9 Å². The number of carbonyl (C=O) groups excluding carboxylic acids is 1. The van der Waals surface area contributed by atoms with Crippen LogP contribution in [0.5, 0.6) is 11.5 Å². The second-order valence-corrected chi connectivity index (χ2v) is 7.63. The maximum absolute atomic E-state index is 11.6. The molecular formula is C27H27NO4. The molecule has 0 bridgehead atoms. The summed E-state index contributed by atoms with van der Waals surface area (Å²) < 4.78 is 16.2. The number of esters is 1. The molecule has 5 heteroatoms. The van der Waals surface area contributed by atoms with E-state index in [1.165, 1.54) is 12.7 Å². The molecule has 3 aromatic carbocycles. The molecule has 1 N–H and O–H groups in total. The molecule has 1 heterocycles. The Balaban J connectivity index is 1.55. The Morgan fingerprint density at radius 3 is 2.47 bits per heavy atom. The highest BCUT2D eigenvalue weighted by Crippen LogP contribution is 2.33. The average Bonchev–Trinajstić information content (AvgIpc) is 3.31. The molecule has 0 amide bonds. The fourth-order valence-corrected chi connectivity index (χ4v) is 3.72. The molecular weight excluding hydrogens is 402 g/mol. The summed E-state index contributed by atoms with van der Waals surface area (Å²) in [5, 5.41) is 1.15. The smallest absolute Gasteiger partial charge is 0.305 e. The van der Waals surface area contributed by atoms with Gasteiger partial charge in [-0.3, -0.25) is 4.79 Å². The van der Waals surface area contributed by atoms with Crippen LogP contribution in [0.3, 0.4) is 0 Å². The number of carbonyl (C=O) groups is 1. The van der Waals surface area contributed by atoms with E-state index in [0.717, 1.165) is 45.5 Å². The number of ether oxygens (including phenoxy) is 3. The van der Waals surface area contributed by atoms with Crippen molar-refractivity contribution in [1.82, 2.24) is 4.98 Å². The van der Waals surface area contributed by atoms with E-state index < -0.39 is 0 Å². The summed E-state index contributed by atoms with van der Waals surface area (Å²) in [5.41, 5.74) is 5.46. The Hall–Kier alpha value is -3.73. The van der Waals surface area contributed by atoms with E-state index in [4.69, 9.17) is 14.2 Å². The number of benzene rings is 3. The van der Waals surface area contributed by atoms with E-state index in [1.54, 1.807) is 7.11 Å². The Morgan fingerprint density at radius 2 is 1.69 bits per heavy atom. The highest BCUT2D eigenvalue weighted by Gasteiger charge is 2.11. The number of rotatable bonds is 9. The van der Waals surface area contributed by atoms with Gasteiger partial charge < -0.3 is 19.2 Å². The Morgan fingerprint density at radius 1 is 0.875 bits per heavy atom. The third kappa shape index (κ3) is 5.11. The molecule has 164 valence electrons. The van der Waals surface area contributed by atoms with E-state index >= 15 is 0 Å². The van der Waals surface area contributed by atoms with E-state index in [0.29, 0.717) is 19.4 Å². The molecule has 0 aliphatic carbocycles. The van der Waals surface area contributed by atoms with E-state index in [1.807, 2.05) is 30.5 Å². The van der Waals surface area contributed by atoms with Crippen LogP contribution in [0, 0.1) is 0 Å². The van der Waals surface area contributed by atoms with Gasteiger partial charge in [0, 0.05) is 30.1 Å². The highest BCUT2D eigenvalue weighted by atomic mass is 16.5. The average molecular weight is 430 g/mol. The molecule has 4 aromatic rings. The van der Waals surface area contributed by atoms with Crippen LogP contribution in [-0.4, -0.2) is 31.8 Å². The molecule has 0 radical (unpaired) electrons. The van der Waals surface area contributed by atoms with Gasteiger partial charge in [0.2, 0.25) is 0 Å². The van der Waals surface area contributed by atoms with E-state index in [2.05, 4.69) is 47.4 Å². The summed E-state index contributed by atoms with van der Waals surface area (Å²) in [6, 6.07) is 22.5. The van der Waals surface area contributed by atoms with Crippen LogP contribution in [0.1, 0.15) is 17.5 Å². The van der Waals surface area contributed by atoms with Crippen molar-refractivity contribution in [2.75, 3.05) is 20.8 Å². The fourth-order valence-electron chi connectivity index (χ4n) is 3.72. The van der Waals surface area contributed by atoms with Crippen LogP contribution < -0.4 is 9.47 Å². The first-order valence-electron chi connectivity index (χ1n) is 10.7. The lowest BCUT2D eigenvalue weighted by Crippen LogP contribution is -2.04. The van der Waals surface area contributed by atoms with Crippen LogP contribution in [-0.2, 0) is 22.4 Å². The topological polar surface area (TPSA) is 60.6 Å². The van der Waals surface area contributed by atoms with Gasteiger partial charge in [-0.1, -0.05) is 24.3 Å². The van der Waals surface area contributed by atoms with Crippen molar-refractivity contribution in [3.8, 4) is 22.6 Å². The van der Waals surface area contributed by atoms with Crippen LogP contribution in [0.25, 0.3) is 22.0 Å². The summed E-state index contributed by atoms with van der Waals surface area (Å²) >= 11 is 0. The van der Waals surface area contributed by atoms with Gasteiger partial charge in [-0.15, -0.1) is 0 Å². The molecule has 0 saturated heterocycles. The molecule has 5 nitrogen and oxygen atoms in total. The number of methoxy groups -OCH3 is 2. The van der Waals surface area contributed by atoms with Gasteiger partial charge in [-0.25, -0.2) is 0 Å². The number of H-pyrrole nitrogens is 1. The predicted octanol–water partition coefficient (Wildman–Crippen LogP) is 5.57. The highest BCUT2D eigenvalue weighted by molar-refractivity contribution is 5.86. The number of aromatic amines is 1. The lowest BCUT2D eigenvalue weighted by Gasteiger charge is -2.14. The molecule has 32 heavy (non-hydrogen) atoms. The number of hydrogen-bond acceptors (Lipinski definition) is 4. The SMILES string of the molecule is COC(=O)CCc1ccc(OCCc2ccc(OC)cc2)c(-c2ccc3[nH]ccc3c2)c1. The minimum atomic E-state index is -0.208. The van der Waals surface area contributed by atoms with Gasteiger partial charge in [0.05, 0.1) is 20.8 Å². The molecule has 4 rings (SSSR count). The minimum Gasteiger partial charge on any atom is -0.497 e. The summed E-state index contributed by atoms with van der Waals surface area (Å²) in [4.78, 5) is 14.8. The molecule has 0 atom stereocenters. The molecule has 0 aliphatic rings. The van der Waals surface area contributed by atoms with Gasteiger partial charge in [-0.05, 0) is 71.0 Å². The van der Waals surface area contributed by atoms with Crippen molar-refractivity contribution in [2.45, 2.75) is 19.3 Å². The summed E-state index contributed by atoms with van der Waals surface area (Å²) in [7, 11) is 3.08. The maximum Gasteiger partial charge on any atom is 0.305 e. The van der Waals surface area contributed by atoms with Crippen molar-refractivity contribution in [3.63, 3.8) is 0 Å². The zero-order valence-electron chi connectivity index (χ0n) is 18.4. The standard InChI is InChI=1S/C27H27NO4/c1-30-23-8-3-19(4-9-23)14-16-32-26-11-5-20(6-12-27(29)31-2)17-24(26)21-7-10-25-22(18-21)13-15-28-25/h3-5,7-11,13,15,17-18,28H,6,12,14,16H2,1-2H3. The van der Waals surface area contributed by atoms with E-state index in [9.17, 15) is 4.79 Å². The van der Waals surface area contributed by atoms with Gasteiger partial charge >= 0.3 is 5.97 Å². The second kappa shape index (κ2) is 10.1. The molecule has 0 saturated carbocycles. The number of aromatic nitrogens is 1. The molecule has 1 aromatic heterocycles. The minimum absolute atomic E-state index is 0.208. The summed E-state index contributed by atoms with van der Waals surface area (Å²) in [6.45, 7) is 0.563. The molecule has 0 fully saturated rings. The number of aryl methyl sites for hydroxylation is 1. The Bertz CT molecular complexity index is 1190. The lowest BCUT2D eigenvalue weighted by molar-refractivity contribution is -0.140. The zero-order valence-corrected chi connectivity index (χ0v) is 18.4. The Labute approximate surface area is 187 Å². The summed E-state index contributed by atoms with van der Waals surface area (Å²) in [6.07, 6.45) is 3.71. The predicted molar refractivity (Wildman–Crippen MR) is 126 cm³/mol. The molecule has 0 spiro atoms. The van der Waals surface area contributed by atoms with Crippen molar-refractivity contribution in [3.05, 3.63) is 84.1 Å². The summed E-state index contributed by atoms with van der Waals surface area (Å²) in [5.74, 6) is 1.47. The zero-order chi connectivity index (χ0) is 22.3. The van der Waals surface area contributed by atoms with Crippen molar-refractivity contribution in [2.24, 2.45) is 0 Å². The number of hydrogen-bond donors (Lipinski definition) is 1. The van der Waals surface area contributed by atoms with Crippen LogP contribution in [0.4, 0.5) is 0 Å². The van der Waals surface area contributed by atoms with Gasteiger partial charge in [0.1, 0.15) is 11.5 Å². The second-order valence-electron chi connectivity index (χ2n) is 7.63. The first-order chi connectivity index (χ1) is 15.7. The lowest BCUT2D eigenvalue weighted by atomic mass is 9.98. The quantitative estimate of drug-likeness (QED) is 0.353. The monoisotopic (exact) mass is 429 g/mol. The van der Waals surface area contributed by atoms with Crippen LogP contribution in [0.2, 0.25) is 0 Å². The van der Waals surface area contributed by atoms with Gasteiger partial charge in [0.15, 0.2) is 0 Å². The first-order valence-corrected chi connectivity index (χ1v) is 10.7. The van der Waals surface area contributed by atoms with Crippen molar-refractivity contribution < 1.29 is 19.0 Å². The fraction of sp³-hybridized carbons (Fsp3) is 0.222. The Kier molecular flexibility index (Phi) is 6.75. The van der Waals surface area contributed by atoms with Crippen LogP contribution >= 0.6 is 0 Å². The maximum atomic E-state index is 11.6. The molecule has 0 aliphatic heterocycles. The van der Waals surface area contributed by atoms with Crippen molar-refractivity contribution in [1.29, 1.82) is 0 Å². The van der Waals surface area contributed by atoms with Gasteiger partial charge in [-0.2, -0.15) is 0 Å². The van der Waals surface area contributed by atoms with Crippen molar-refractivity contribution >= 4 is 16.9 Å². The third-order valence-corrected chi connectivity index (χ3v) is 5.56.